The van der Waals surface area contributed by atoms with Crippen LogP contribution >= 0.6 is 12.4 Å². The molecular formula is C26H41ClN6O7. The van der Waals surface area contributed by atoms with Gasteiger partial charge in [-0.2, -0.15) is 0 Å². The Morgan fingerprint density at radius 1 is 0.850 bits per heavy atom. The number of amides is 1. The van der Waals surface area contributed by atoms with Crippen LogP contribution in [0.1, 0.15) is 48.5 Å². The molecule has 2 N–H and O–H groups in total. The van der Waals surface area contributed by atoms with E-state index >= 15 is 0 Å². The van der Waals surface area contributed by atoms with Gasteiger partial charge in [-0.05, 0) is 39.5 Å². The van der Waals surface area contributed by atoms with Crippen LogP contribution in [0.25, 0.3) is 0 Å². The molecule has 0 aromatic carbocycles. The van der Waals surface area contributed by atoms with Gasteiger partial charge in [0, 0.05) is 76.4 Å². The molecule has 2 aromatic heterocycles. The molecule has 0 aliphatic carbocycles. The van der Waals surface area contributed by atoms with Crippen LogP contribution in [0.3, 0.4) is 0 Å². The Labute approximate surface area is 241 Å². The topological polar surface area (TPSA) is 158 Å². The first-order valence-electron chi connectivity index (χ1n) is 12.7. The summed E-state index contributed by atoms with van der Waals surface area (Å²) in [6.45, 7) is 5.65. The molecule has 2 saturated heterocycles. The molecule has 1 amide bonds. The lowest BCUT2D eigenvalue weighted by Gasteiger charge is -2.37. The van der Waals surface area contributed by atoms with Crippen LogP contribution in [0.4, 0.5) is 0 Å². The second-order valence-corrected chi connectivity index (χ2v) is 9.13. The Morgan fingerprint density at radius 3 is 1.52 bits per heavy atom. The molecule has 0 saturated carbocycles. The first kappa shape index (κ1) is 35.2. The normalized spacial score (nSPS) is 17.1. The van der Waals surface area contributed by atoms with Crippen molar-refractivity contribution in [2.75, 3.05) is 54.7 Å². The van der Waals surface area contributed by atoms with Gasteiger partial charge in [0.05, 0.1) is 19.6 Å². The fourth-order valence-corrected chi connectivity index (χ4v) is 4.36. The number of carbonyl (C=O) groups is 2. The van der Waals surface area contributed by atoms with Crippen molar-refractivity contribution in [1.29, 1.82) is 0 Å². The molecule has 40 heavy (non-hydrogen) atoms. The first-order chi connectivity index (χ1) is 18.7. The van der Waals surface area contributed by atoms with Crippen molar-refractivity contribution in [2.24, 2.45) is 0 Å². The Hall–Kier alpha value is -2.81. The van der Waals surface area contributed by atoms with Crippen LogP contribution in [-0.4, -0.2) is 96.7 Å². The number of carboxylic acids is 1. The van der Waals surface area contributed by atoms with Crippen LogP contribution in [0, 0.1) is 13.8 Å². The highest BCUT2D eigenvalue weighted by Gasteiger charge is 2.44. The van der Waals surface area contributed by atoms with E-state index < -0.39 is 16.8 Å². The molecule has 14 heteroatoms. The van der Waals surface area contributed by atoms with Crippen molar-refractivity contribution < 1.29 is 33.8 Å². The molecule has 13 nitrogen and oxygen atoms in total. The van der Waals surface area contributed by atoms with Gasteiger partial charge in [0.25, 0.3) is 5.91 Å². The highest BCUT2D eigenvalue weighted by Crippen LogP contribution is 2.36. The minimum Gasteiger partial charge on any atom is -0.481 e. The van der Waals surface area contributed by atoms with Gasteiger partial charge in [-0.15, -0.1) is 12.4 Å². The predicted molar refractivity (Wildman–Crippen MR) is 148 cm³/mol. The number of nitrogens with zero attached hydrogens (tertiary/aromatic N) is 5. The molecule has 0 unspecified atom stereocenters. The zero-order valence-corrected chi connectivity index (χ0v) is 24.8. The molecule has 2 aliphatic rings. The second-order valence-electron chi connectivity index (χ2n) is 9.13. The number of nitrogens with one attached hydrogen (secondary N) is 1. The van der Waals surface area contributed by atoms with Gasteiger partial charge in [-0.25, -0.2) is 30.5 Å². The van der Waals surface area contributed by atoms with Gasteiger partial charge in [-0.3, -0.25) is 14.4 Å². The molecule has 0 spiro atoms. The summed E-state index contributed by atoms with van der Waals surface area (Å²) >= 11 is 0. The highest BCUT2D eigenvalue weighted by atomic mass is 35.5. The van der Waals surface area contributed by atoms with Crippen molar-refractivity contribution in [2.45, 2.75) is 50.4 Å². The van der Waals surface area contributed by atoms with Gasteiger partial charge < -0.3 is 19.4 Å². The lowest BCUT2D eigenvalue weighted by atomic mass is 9.74. The smallest absolute Gasteiger partial charge is 0.314 e. The summed E-state index contributed by atoms with van der Waals surface area (Å²) in [7, 11) is 6.38. The fraction of sp³-hybridized carbons (Fsp3) is 0.615. The van der Waals surface area contributed by atoms with E-state index in [-0.39, 0.29) is 18.3 Å². The lowest BCUT2D eigenvalue weighted by molar-refractivity contribution is -0.179. The zero-order chi connectivity index (χ0) is 28.9. The van der Waals surface area contributed by atoms with Crippen LogP contribution in [0.15, 0.2) is 24.8 Å². The average molecular weight is 585 g/mol. The van der Waals surface area contributed by atoms with Crippen molar-refractivity contribution in [3.63, 3.8) is 0 Å². The Bertz CT molecular complexity index is 1030. The highest BCUT2D eigenvalue weighted by molar-refractivity contribution is 5.87. The third-order valence-corrected chi connectivity index (χ3v) is 6.94. The summed E-state index contributed by atoms with van der Waals surface area (Å²) < 4.78 is 10.6. The van der Waals surface area contributed by atoms with Gasteiger partial charge in [-0.1, -0.05) is 0 Å². The van der Waals surface area contributed by atoms with Crippen molar-refractivity contribution in [3.8, 4) is 0 Å². The number of rotatable bonds is 6. The van der Waals surface area contributed by atoms with E-state index in [4.69, 9.17) is 14.3 Å². The number of hydrogen-bond acceptors (Lipinski definition) is 11. The number of ether oxygens (including phenoxy) is 2. The second kappa shape index (κ2) is 17.1. The summed E-state index contributed by atoms with van der Waals surface area (Å²) in [5, 5.41) is 10.7. The molecular weight excluding hydrogens is 544 g/mol. The van der Waals surface area contributed by atoms with Crippen LogP contribution in [0.5, 0.6) is 0 Å². The average Bonchev–Trinajstić information content (AvgIpc) is 2.98. The summed E-state index contributed by atoms with van der Waals surface area (Å²) in [6.07, 6.45) is 8.88. The molecule has 2 aromatic rings. The van der Waals surface area contributed by atoms with E-state index in [0.717, 1.165) is 5.56 Å². The Balaban J connectivity index is 0.000000349. The maximum Gasteiger partial charge on any atom is 0.314 e. The first-order valence-corrected chi connectivity index (χ1v) is 12.7. The van der Waals surface area contributed by atoms with Crippen molar-refractivity contribution in [3.05, 3.63) is 47.6 Å². The SMILES string of the molecule is CNOC.CON(C)C(=O)C1(c2cnc(C)nc2)CCOCC1.Cc1ncc(C2(C(=O)O)CCOCC2)cn1.Cl. The summed E-state index contributed by atoms with van der Waals surface area (Å²) in [6, 6.07) is 0. The molecule has 4 heterocycles. The summed E-state index contributed by atoms with van der Waals surface area (Å²) in [5.41, 5.74) is 2.42. The molecule has 224 valence electrons. The standard InChI is InChI=1S/C13H19N3O3.C11H14N2O3.C2H7NO.ClH/c1-10-14-8-11(9-15-10)13(4-6-19-7-5-13)12(17)16(2)18-3;1-8-12-6-9(7-13-8)11(10(14)15)2-4-16-5-3-11;1-3-4-2;/h8-9H,4-7H2,1-3H3;6-7H,2-5H2,1H3,(H,14,15);3H,1-2H3;1H. The Kier molecular flexibility index (Phi) is 15.1. The number of halogens is 1. The van der Waals surface area contributed by atoms with Gasteiger partial charge in [0.2, 0.25) is 0 Å². The van der Waals surface area contributed by atoms with E-state index in [1.54, 1.807) is 52.9 Å². The number of hydrogen-bond donors (Lipinski definition) is 2. The number of hydroxylamine groups is 3. The van der Waals surface area contributed by atoms with E-state index in [1.165, 1.54) is 12.2 Å². The third kappa shape index (κ3) is 8.85. The molecule has 0 radical (unpaired) electrons. The van der Waals surface area contributed by atoms with E-state index in [0.29, 0.717) is 69.3 Å². The van der Waals surface area contributed by atoms with E-state index in [9.17, 15) is 14.7 Å². The van der Waals surface area contributed by atoms with Crippen LogP contribution < -0.4 is 5.48 Å². The van der Waals surface area contributed by atoms with Crippen LogP contribution in [-0.2, 0) is 39.6 Å². The maximum absolute atomic E-state index is 12.6. The number of carboxylic acid groups (broad SMARTS) is 1. The van der Waals surface area contributed by atoms with Gasteiger partial charge >= 0.3 is 5.97 Å². The molecule has 0 bridgehead atoms. The number of aliphatic carboxylic acids is 1. The van der Waals surface area contributed by atoms with Crippen molar-refractivity contribution in [1.82, 2.24) is 30.5 Å². The number of carbonyl (C=O) groups excluding carboxylic acids is 1. The minimum absolute atomic E-state index is 0. The zero-order valence-electron chi connectivity index (χ0n) is 24.0. The largest absolute Gasteiger partial charge is 0.481 e. The fourth-order valence-electron chi connectivity index (χ4n) is 4.36. The summed E-state index contributed by atoms with van der Waals surface area (Å²) in [5.74, 6) is 0.448. The molecule has 2 fully saturated rings. The molecule has 2 aliphatic heterocycles. The van der Waals surface area contributed by atoms with Crippen molar-refractivity contribution >= 4 is 24.3 Å². The lowest BCUT2D eigenvalue weighted by Crippen LogP contribution is -2.48. The maximum atomic E-state index is 12.6. The Morgan fingerprint density at radius 2 is 1.20 bits per heavy atom. The predicted octanol–water partition coefficient (Wildman–Crippen LogP) is 1.96. The quantitative estimate of drug-likeness (QED) is 0.476. The minimum atomic E-state index is -0.869. The monoisotopic (exact) mass is 584 g/mol. The van der Waals surface area contributed by atoms with E-state index in [2.05, 4.69) is 30.3 Å². The van der Waals surface area contributed by atoms with Crippen LogP contribution in [0.2, 0.25) is 0 Å². The van der Waals surface area contributed by atoms with Gasteiger partial charge in [0.15, 0.2) is 0 Å². The number of aromatic nitrogens is 4. The van der Waals surface area contributed by atoms with E-state index in [1.807, 2.05) is 6.92 Å². The third-order valence-electron chi connectivity index (χ3n) is 6.94. The number of likely N-dealkylation sites (N-methyl/N-ethyl adjacent to an activating group) is 1. The molecule has 4 rings (SSSR count). The van der Waals surface area contributed by atoms with Gasteiger partial charge in [0.1, 0.15) is 17.1 Å². The molecule has 0 atom stereocenters. The summed E-state index contributed by atoms with van der Waals surface area (Å²) in [4.78, 5) is 49.9. The number of aryl methyl sites for hydroxylation is 2.